The number of nitrogens with zero attached hydrogens (tertiary/aromatic N) is 6. The third-order valence-electron chi connectivity index (χ3n) is 4.46. The van der Waals surface area contributed by atoms with E-state index >= 15 is 0 Å². The number of pyridine rings is 1. The van der Waals surface area contributed by atoms with Gasteiger partial charge in [-0.05, 0) is 24.3 Å². The van der Waals surface area contributed by atoms with Crippen LogP contribution in [0.25, 0.3) is 22.1 Å². The lowest BCUT2D eigenvalue weighted by Gasteiger charge is -2.16. The molecule has 3 N–H and O–H groups in total. The highest BCUT2D eigenvalue weighted by Crippen LogP contribution is 2.17. The van der Waals surface area contributed by atoms with E-state index in [1.165, 1.54) is 29.5 Å². The van der Waals surface area contributed by atoms with Crippen LogP contribution in [0.3, 0.4) is 0 Å². The summed E-state index contributed by atoms with van der Waals surface area (Å²) >= 11 is 0. The summed E-state index contributed by atoms with van der Waals surface area (Å²) in [6, 6.07) is 7.79. The molecule has 0 unspecified atom stereocenters. The van der Waals surface area contributed by atoms with Gasteiger partial charge < -0.3 is 10.3 Å². The lowest BCUT2D eigenvalue weighted by molar-refractivity contribution is 0.635. The Morgan fingerprint density at radius 2 is 2.00 bits per heavy atom. The molecular weight excluding hydrogens is 413 g/mol. The molecule has 0 saturated carbocycles. The first-order valence-corrected chi connectivity index (χ1v) is 9.96. The van der Waals surface area contributed by atoms with Gasteiger partial charge in [-0.2, -0.15) is 0 Å². The fourth-order valence-corrected chi connectivity index (χ4v) is 3.09. The van der Waals surface area contributed by atoms with Crippen molar-refractivity contribution in [2.45, 2.75) is 20.4 Å². The van der Waals surface area contributed by atoms with Crippen LogP contribution in [0.2, 0.25) is 0 Å². The molecule has 0 amide bonds. The number of aromatic amines is 1. The van der Waals surface area contributed by atoms with E-state index in [2.05, 4.69) is 40.6 Å². The molecular formula is C21H20FN9O. The molecule has 0 bridgehead atoms. The molecule has 10 nitrogen and oxygen atoms in total. The summed E-state index contributed by atoms with van der Waals surface area (Å²) < 4.78 is 15.5. The Labute approximate surface area is 181 Å². The van der Waals surface area contributed by atoms with Crippen LogP contribution < -0.4 is 16.3 Å². The zero-order chi connectivity index (χ0) is 22.5. The van der Waals surface area contributed by atoms with Gasteiger partial charge in [-0.1, -0.05) is 19.9 Å². The SMILES string of the molecule is CC.O=c1c2c(F)cccc2nc(CNc2ncnc3nc[nH]c23)n1Nc1cccnc1. The highest BCUT2D eigenvalue weighted by Gasteiger charge is 2.15. The lowest BCUT2D eigenvalue weighted by atomic mass is 10.2. The largest absolute Gasteiger partial charge is 0.361 e. The molecule has 0 fully saturated rings. The van der Waals surface area contributed by atoms with Crippen molar-refractivity contribution in [3.8, 4) is 0 Å². The molecule has 1 aromatic carbocycles. The molecule has 0 aliphatic heterocycles. The average molecular weight is 433 g/mol. The number of benzene rings is 1. The van der Waals surface area contributed by atoms with Crippen molar-refractivity contribution in [2.75, 3.05) is 10.7 Å². The van der Waals surface area contributed by atoms with Gasteiger partial charge in [-0.3, -0.25) is 15.2 Å². The fourth-order valence-electron chi connectivity index (χ4n) is 3.09. The van der Waals surface area contributed by atoms with Crippen LogP contribution in [0.5, 0.6) is 0 Å². The molecule has 4 heterocycles. The van der Waals surface area contributed by atoms with Crippen LogP contribution in [-0.4, -0.2) is 34.6 Å². The number of imidazole rings is 1. The number of nitrogens with one attached hydrogen (secondary N) is 3. The van der Waals surface area contributed by atoms with Gasteiger partial charge in [-0.15, -0.1) is 0 Å². The second-order valence-electron chi connectivity index (χ2n) is 6.33. The number of fused-ring (bicyclic) bond motifs is 2. The zero-order valence-corrected chi connectivity index (χ0v) is 17.4. The van der Waals surface area contributed by atoms with Crippen LogP contribution in [0, 0.1) is 5.82 Å². The normalized spacial score (nSPS) is 10.6. The summed E-state index contributed by atoms with van der Waals surface area (Å²) in [6.45, 7) is 4.13. The highest BCUT2D eigenvalue weighted by atomic mass is 19.1. The molecule has 11 heteroatoms. The van der Waals surface area contributed by atoms with Crippen LogP contribution in [0.4, 0.5) is 15.9 Å². The molecule has 0 aliphatic carbocycles. The summed E-state index contributed by atoms with van der Waals surface area (Å²) in [7, 11) is 0. The molecule has 5 rings (SSSR count). The van der Waals surface area contributed by atoms with Crippen LogP contribution in [0.15, 0.2) is 60.2 Å². The predicted molar refractivity (Wildman–Crippen MR) is 120 cm³/mol. The van der Waals surface area contributed by atoms with E-state index in [0.717, 1.165) is 0 Å². The van der Waals surface area contributed by atoms with Gasteiger partial charge in [0.1, 0.15) is 23.0 Å². The average Bonchev–Trinajstić information content (AvgIpc) is 3.31. The second-order valence-corrected chi connectivity index (χ2v) is 6.33. The van der Waals surface area contributed by atoms with Crippen molar-refractivity contribution < 1.29 is 4.39 Å². The fraction of sp³-hybridized carbons (Fsp3) is 0.143. The van der Waals surface area contributed by atoms with E-state index in [1.807, 2.05) is 13.8 Å². The Kier molecular flexibility index (Phi) is 5.97. The quantitative estimate of drug-likeness (QED) is 0.386. The first-order chi connectivity index (χ1) is 15.7. The first kappa shape index (κ1) is 20.8. The van der Waals surface area contributed by atoms with E-state index in [9.17, 15) is 9.18 Å². The van der Waals surface area contributed by atoms with Crippen LogP contribution in [-0.2, 0) is 6.54 Å². The first-order valence-electron chi connectivity index (χ1n) is 9.96. The third kappa shape index (κ3) is 3.95. The van der Waals surface area contributed by atoms with Gasteiger partial charge in [0.15, 0.2) is 17.3 Å². The Morgan fingerprint density at radius 3 is 2.81 bits per heavy atom. The number of hydrogen-bond acceptors (Lipinski definition) is 8. The van der Waals surface area contributed by atoms with Gasteiger partial charge >= 0.3 is 0 Å². The van der Waals surface area contributed by atoms with E-state index in [1.54, 1.807) is 30.6 Å². The summed E-state index contributed by atoms with van der Waals surface area (Å²) in [5, 5.41) is 3.03. The molecule has 162 valence electrons. The number of rotatable bonds is 5. The number of aromatic nitrogens is 7. The van der Waals surface area contributed by atoms with Crippen molar-refractivity contribution in [2.24, 2.45) is 0 Å². The predicted octanol–water partition coefficient (Wildman–Crippen LogP) is 3.11. The molecule has 0 aliphatic rings. The lowest BCUT2D eigenvalue weighted by Crippen LogP contribution is -2.32. The smallest absolute Gasteiger partial charge is 0.283 e. The minimum atomic E-state index is -0.638. The molecule has 5 aromatic rings. The Bertz CT molecular complexity index is 1420. The van der Waals surface area contributed by atoms with Gasteiger partial charge in [0.25, 0.3) is 5.56 Å². The topological polar surface area (TPSA) is 126 Å². The van der Waals surface area contributed by atoms with Crippen molar-refractivity contribution in [1.29, 1.82) is 0 Å². The van der Waals surface area contributed by atoms with E-state index in [4.69, 9.17) is 0 Å². The summed E-state index contributed by atoms with van der Waals surface area (Å²) in [5.74, 6) is 0.188. The summed E-state index contributed by atoms with van der Waals surface area (Å²) in [5.41, 5.74) is 4.33. The third-order valence-corrected chi connectivity index (χ3v) is 4.46. The second kappa shape index (κ2) is 9.16. The van der Waals surface area contributed by atoms with Gasteiger partial charge in [0.2, 0.25) is 0 Å². The molecule has 0 radical (unpaired) electrons. The van der Waals surface area contributed by atoms with Crippen LogP contribution in [0.1, 0.15) is 19.7 Å². The minimum absolute atomic E-state index is 0.101. The van der Waals surface area contributed by atoms with Crippen LogP contribution >= 0.6 is 0 Å². The van der Waals surface area contributed by atoms with E-state index < -0.39 is 11.4 Å². The number of H-pyrrole nitrogens is 1. The highest BCUT2D eigenvalue weighted by molar-refractivity contribution is 5.82. The Balaban J connectivity index is 0.00000119. The van der Waals surface area contributed by atoms with Gasteiger partial charge in [-0.25, -0.2) is 29.0 Å². The summed E-state index contributed by atoms with van der Waals surface area (Å²) in [4.78, 5) is 36.9. The molecule has 4 aromatic heterocycles. The van der Waals surface area contributed by atoms with Crippen molar-refractivity contribution >= 4 is 33.6 Å². The molecule has 0 atom stereocenters. The van der Waals surface area contributed by atoms with Crippen molar-refractivity contribution in [3.63, 3.8) is 0 Å². The molecule has 32 heavy (non-hydrogen) atoms. The monoisotopic (exact) mass is 433 g/mol. The zero-order valence-electron chi connectivity index (χ0n) is 17.4. The van der Waals surface area contributed by atoms with Crippen molar-refractivity contribution in [1.82, 2.24) is 34.6 Å². The Hall–Kier alpha value is -4.41. The standard InChI is InChI=1S/C19H14FN9O.C2H6/c20-12-4-1-5-13-15(12)19(30)29(28-11-3-2-6-21-7-11)14(27-13)8-22-17-16-18(24-9-23-16)26-10-25-17;1-2/h1-7,9-10,28H,8H2,(H2,22,23,24,25,26);1-2H3. The molecule has 0 saturated heterocycles. The number of anilines is 2. The summed E-state index contributed by atoms with van der Waals surface area (Å²) in [6.07, 6.45) is 6.06. The van der Waals surface area contributed by atoms with E-state index in [0.29, 0.717) is 28.5 Å². The molecule has 0 spiro atoms. The Morgan fingerprint density at radius 1 is 1.12 bits per heavy atom. The number of hydrogen-bond donors (Lipinski definition) is 3. The maximum absolute atomic E-state index is 14.4. The van der Waals surface area contributed by atoms with Gasteiger partial charge in [0.05, 0.1) is 30.3 Å². The van der Waals surface area contributed by atoms with Crippen molar-refractivity contribution in [3.05, 3.63) is 77.4 Å². The maximum atomic E-state index is 14.4. The maximum Gasteiger partial charge on any atom is 0.283 e. The minimum Gasteiger partial charge on any atom is -0.361 e. The van der Waals surface area contributed by atoms with Gasteiger partial charge in [0, 0.05) is 6.20 Å². The van der Waals surface area contributed by atoms with E-state index in [-0.39, 0.29) is 17.4 Å². The number of halogens is 1.